The lowest BCUT2D eigenvalue weighted by Crippen LogP contribution is -2.30. The molecule has 2 aromatic carbocycles. The Kier molecular flexibility index (Phi) is 7.10. The number of hydrogen-bond acceptors (Lipinski definition) is 4. The molecule has 150 valence electrons. The number of hydrogen-bond donors (Lipinski definition) is 1. The van der Waals surface area contributed by atoms with E-state index in [0.29, 0.717) is 13.1 Å². The summed E-state index contributed by atoms with van der Waals surface area (Å²) in [5.41, 5.74) is 6.97. The molecule has 1 N–H and O–H groups in total. The lowest BCUT2D eigenvalue weighted by molar-refractivity contribution is 0.0955. The first-order valence-electron chi connectivity index (χ1n) is 9.22. The molecule has 0 aliphatic rings. The lowest BCUT2D eigenvalue weighted by Gasteiger charge is -2.18. The zero-order valence-electron chi connectivity index (χ0n) is 17.0. The highest BCUT2D eigenvalue weighted by Gasteiger charge is 2.22. The van der Waals surface area contributed by atoms with Crippen LogP contribution < -0.4 is 5.43 Å². The molecule has 1 amide bonds. The van der Waals surface area contributed by atoms with Crippen molar-refractivity contribution in [3.63, 3.8) is 0 Å². The molecule has 0 saturated heterocycles. The third-order valence-corrected chi connectivity index (χ3v) is 6.58. The molecule has 2 aromatic rings. The van der Waals surface area contributed by atoms with E-state index in [9.17, 15) is 13.2 Å². The van der Waals surface area contributed by atoms with Crippen LogP contribution in [0, 0.1) is 20.8 Å². The molecule has 28 heavy (non-hydrogen) atoms. The summed E-state index contributed by atoms with van der Waals surface area (Å²) in [5.74, 6) is -0.463. The number of aryl methyl sites for hydroxylation is 3. The van der Waals surface area contributed by atoms with E-state index in [0.717, 1.165) is 16.7 Å². The van der Waals surface area contributed by atoms with E-state index in [1.807, 2.05) is 20.8 Å². The van der Waals surface area contributed by atoms with Gasteiger partial charge in [0, 0.05) is 24.2 Å². The number of hydrazone groups is 1. The number of carbonyl (C=O) groups excluding carboxylic acids is 1. The molecule has 0 atom stereocenters. The van der Waals surface area contributed by atoms with E-state index in [-0.39, 0.29) is 10.5 Å². The zero-order chi connectivity index (χ0) is 20.9. The third kappa shape index (κ3) is 4.85. The lowest BCUT2D eigenvalue weighted by atomic mass is 10.0. The summed E-state index contributed by atoms with van der Waals surface area (Å²) in [6.45, 7) is 10.3. The molecular formula is C21H27N3O3S. The van der Waals surface area contributed by atoms with Gasteiger partial charge in [-0.2, -0.15) is 9.41 Å². The van der Waals surface area contributed by atoms with Crippen LogP contribution in [0.3, 0.4) is 0 Å². The Morgan fingerprint density at radius 2 is 1.68 bits per heavy atom. The summed E-state index contributed by atoms with van der Waals surface area (Å²) in [4.78, 5) is 12.5. The predicted molar refractivity (Wildman–Crippen MR) is 112 cm³/mol. The molecule has 0 bridgehead atoms. The molecule has 6 nitrogen and oxygen atoms in total. The van der Waals surface area contributed by atoms with Crippen LogP contribution in [0.5, 0.6) is 0 Å². The number of sulfonamides is 1. The Morgan fingerprint density at radius 3 is 2.25 bits per heavy atom. The van der Waals surface area contributed by atoms with Crippen molar-refractivity contribution in [3.8, 4) is 0 Å². The molecule has 0 unspecified atom stereocenters. The van der Waals surface area contributed by atoms with Crippen molar-refractivity contribution >= 4 is 22.1 Å². The van der Waals surface area contributed by atoms with Gasteiger partial charge in [-0.3, -0.25) is 4.79 Å². The van der Waals surface area contributed by atoms with Gasteiger partial charge in [0.2, 0.25) is 10.0 Å². The second-order valence-corrected chi connectivity index (χ2v) is 8.57. The van der Waals surface area contributed by atoms with Gasteiger partial charge in [0.1, 0.15) is 0 Å². The number of nitrogens with zero attached hydrogens (tertiary/aromatic N) is 2. The molecule has 2 rings (SSSR count). The summed E-state index contributed by atoms with van der Waals surface area (Å²) < 4.78 is 26.6. The molecule has 0 heterocycles. The quantitative estimate of drug-likeness (QED) is 0.570. The van der Waals surface area contributed by atoms with Crippen molar-refractivity contribution in [2.45, 2.75) is 39.5 Å². The van der Waals surface area contributed by atoms with Crippen molar-refractivity contribution in [2.24, 2.45) is 5.10 Å². The van der Waals surface area contributed by atoms with Crippen LogP contribution in [0.1, 0.15) is 46.5 Å². The monoisotopic (exact) mass is 401 g/mol. The van der Waals surface area contributed by atoms with Crippen LogP contribution >= 0.6 is 0 Å². The fraction of sp³-hybridized carbons (Fsp3) is 0.333. The first-order valence-corrected chi connectivity index (χ1v) is 10.7. The van der Waals surface area contributed by atoms with Crippen molar-refractivity contribution in [2.75, 3.05) is 13.1 Å². The van der Waals surface area contributed by atoms with Crippen LogP contribution in [0.2, 0.25) is 0 Å². The van der Waals surface area contributed by atoms with E-state index in [2.05, 4.69) is 22.7 Å². The van der Waals surface area contributed by atoms with Crippen LogP contribution in [0.25, 0.3) is 0 Å². The first-order chi connectivity index (χ1) is 13.2. The summed E-state index contributed by atoms with van der Waals surface area (Å²) in [7, 11) is -3.62. The van der Waals surface area contributed by atoms with Crippen molar-refractivity contribution in [1.29, 1.82) is 0 Å². The number of amides is 1. The Hall–Kier alpha value is -2.51. The molecule has 7 heteroatoms. The Balaban J connectivity index is 2.20. The van der Waals surface area contributed by atoms with Gasteiger partial charge in [-0.1, -0.05) is 37.6 Å². The number of benzene rings is 2. The SMILES string of the molecule is CCN(CC)S(=O)(=O)c1cccc(C(=O)NN=Cc2c(C)cc(C)cc2C)c1. The summed E-state index contributed by atoms with van der Waals surface area (Å²) >= 11 is 0. The minimum atomic E-state index is -3.62. The molecule has 0 aromatic heterocycles. The highest BCUT2D eigenvalue weighted by molar-refractivity contribution is 7.89. The van der Waals surface area contributed by atoms with E-state index in [1.165, 1.54) is 22.0 Å². The molecular weight excluding hydrogens is 374 g/mol. The Bertz CT molecular complexity index is 971. The van der Waals surface area contributed by atoms with E-state index in [4.69, 9.17) is 0 Å². The fourth-order valence-corrected chi connectivity index (χ4v) is 4.63. The maximum Gasteiger partial charge on any atom is 0.271 e. The molecule has 0 aliphatic carbocycles. The number of carbonyl (C=O) groups is 1. The zero-order valence-corrected chi connectivity index (χ0v) is 17.8. The molecule has 0 fully saturated rings. The maximum atomic E-state index is 12.6. The van der Waals surface area contributed by atoms with Gasteiger partial charge in [-0.05, 0) is 50.1 Å². The van der Waals surface area contributed by atoms with Gasteiger partial charge in [0.05, 0.1) is 11.1 Å². The van der Waals surface area contributed by atoms with E-state index >= 15 is 0 Å². The summed E-state index contributed by atoms with van der Waals surface area (Å²) in [6, 6.07) is 10.1. The van der Waals surface area contributed by atoms with E-state index < -0.39 is 15.9 Å². The average Bonchev–Trinajstić information content (AvgIpc) is 2.64. The predicted octanol–water partition coefficient (Wildman–Crippen LogP) is 3.41. The molecule has 0 saturated carbocycles. The second kappa shape index (κ2) is 9.12. The van der Waals surface area contributed by atoms with Crippen molar-refractivity contribution in [1.82, 2.24) is 9.73 Å². The van der Waals surface area contributed by atoms with E-state index in [1.54, 1.807) is 32.2 Å². The van der Waals surface area contributed by atoms with Gasteiger partial charge < -0.3 is 0 Å². The molecule has 0 spiro atoms. The van der Waals surface area contributed by atoms with Gasteiger partial charge in [0.25, 0.3) is 5.91 Å². The minimum Gasteiger partial charge on any atom is -0.267 e. The normalized spacial score (nSPS) is 11.9. The summed E-state index contributed by atoms with van der Waals surface area (Å²) in [6.07, 6.45) is 1.61. The number of nitrogens with one attached hydrogen (secondary N) is 1. The minimum absolute atomic E-state index is 0.0954. The molecule has 0 radical (unpaired) electrons. The van der Waals surface area contributed by atoms with Crippen LogP contribution in [0.15, 0.2) is 46.4 Å². The van der Waals surface area contributed by atoms with Crippen LogP contribution in [-0.4, -0.2) is 37.9 Å². The second-order valence-electron chi connectivity index (χ2n) is 6.63. The standard InChI is InChI=1S/C21H27N3O3S/c1-6-24(7-2)28(26,27)19-10-8-9-18(13-19)21(25)23-22-14-20-16(4)11-15(3)12-17(20)5/h8-14H,6-7H2,1-5H3,(H,23,25). The van der Waals surface area contributed by atoms with Gasteiger partial charge >= 0.3 is 0 Å². The highest BCUT2D eigenvalue weighted by atomic mass is 32.2. The first kappa shape index (κ1) is 21.8. The maximum absolute atomic E-state index is 12.6. The van der Waals surface area contributed by atoms with Crippen LogP contribution in [-0.2, 0) is 10.0 Å². The fourth-order valence-electron chi connectivity index (χ4n) is 3.13. The Morgan fingerprint density at radius 1 is 1.07 bits per heavy atom. The third-order valence-electron chi connectivity index (χ3n) is 4.54. The smallest absolute Gasteiger partial charge is 0.267 e. The largest absolute Gasteiger partial charge is 0.271 e. The van der Waals surface area contributed by atoms with Gasteiger partial charge in [0.15, 0.2) is 0 Å². The topological polar surface area (TPSA) is 78.8 Å². The van der Waals surface area contributed by atoms with Crippen molar-refractivity contribution < 1.29 is 13.2 Å². The van der Waals surface area contributed by atoms with Gasteiger partial charge in [-0.25, -0.2) is 13.8 Å². The van der Waals surface area contributed by atoms with Crippen LogP contribution in [0.4, 0.5) is 0 Å². The summed E-state index contributed by atoms with van der Waals surface area (Å²) in [5, 5.41) is 4.04. The highest BCUT2D eigenvalue weighted by Crippen LogP contribution is 2.17. The average molecular weight is 402 g/mol. The Labute approximate surface area is 167 Å². The number of rotatable bonds is 7. The van der Waals surface area contributed by atoms with Crippen molar-refractivity contribution in [3.05, 3.63) is 64.2 Å². The van der Waals surface area contributed by atoms with Gasteiger partial charge in [-0.15, -0.1) is 0 Å². The molecule has 0 aliphatic heterocycles.